The van der Waals surface area contributed by atoms with Gasteiger partial charge in [-0.05, 0) is 19.1 Å². The van der Waals surface area contributed by atoms with Crippen molar-refractivity contribution in [2.75, 3.05) is 31.3 Å². The summed E-state index contributed by atoms with van der Waals surface area (Å²) in [4.78, 5) is 19.2. The number of fused-ring (bicyclic) bond motifs is 1. The minimum atomic E-state index is 0.123. The van der Waals surface area contributed by atoms with Crippen molar-refractivity contribution in [2.45, 2.75) is 6.92 Å². The second-order valence-corrected chi connectivity index (χ2v) is 5.19. The van der Waals surface area contributed by atoms with Crippen LogP contribution in [0.5, 0.6) is 5.88 Å². The first-order chi connectivity index (χ1) is 11.1. The van der Waals surface area contributed by atoms with Crippen LogP contribution in [0.1, 0.15) is 6.92 Å². The molecule has 0 unspecified atom stereocenters. The quantitative estimate of drug-likeness (QED) is 0.789. The largest absolute Gasteiger partial charge is 0.476 e. The third-order valence-electron chi connectivity index (χ3n) is 3.33. The Labute approximate surface area is 134 Å². The monoisotopic (exact) mass is 310 g/mol. The van der Waals surface area contributed by atoms with Crippen LogP contribution in [0.25, 0.3) is 22.4 Å². The molecule has 0 fully saturated rings. The molecule has 1 aromatic carbocycles. The van der Waals surface area contributed by atoms with Crippen molar-refractivity contribution < 1.29 is 4.74 Å². The second-order valence-electron chi connectivity index (χ2n) is 5.19. The number of ether oxygens (including phenoxy) is 1. The summed E-state index contributed by atoms with van der Waals surface area (Å²) in [6.07, 6.45) is 1.68. The van der Waals surface area contributed by atoms with E-state index in [-0.39, 0.29) is 5.95 Å². The molecule has 0 aliphatic rings. The van der Waals surface area contributed by atoms with Crippen LogP contribution in [-0.4, -0.2) is 40.6 Å². The maximum Gasteiger partial charge on any atom is 0.247 e. The normalized spacial score (nSPS) is 10.7. The van der Waals surface area contributed by atoms with E-state index in [9.17, 15) is 0 Å². The number of hydrogen-bond acceptors (Lipinski definition) is 7. The number of aromatic nitrogens is 4. The van der Waals surface area contributed by atoms with Crippen molar-refractivity contribution >= 4 is 22.8 Å². The van der Waals surface area contributed by atoms with E-state index in [1.54, 1.807) is 6.20 Å². The molecule has 0 atom stereocenters. The molecule has 7 nitrogen and oxygen atoms in total. The van der Waals surface area contributed by atoms with Gasteiger partial charge in [0.2, 0.25) is 11.8 Å². The summed E-state index contributed by atoms with van der Waals surface area (Å²) >= 11 is 0. The van der Waals surface area contributed by atoms with Gasteiger partial charge in [-0.2, -0.15) is 9.97 Å². The molecule has 2 heterocycles. The van der Waals surface area contributed by atoms with Crippen LogP contribution in [0.4, 0.5) is 11.6 Å². The van der Waals surface area contributed by atoms with Gasteiger partial charge < -0.3 is 15.4 Å². The maximum atomic E-state index is 5.68. The highest BCUT2D eigenvalue weighted by molar-refractivity contribution is 5.79. The summed E-state index contributed by atoms with van der Waals surface area (Å²) < 4.78 is 5.51. The average molecular weight is 310 g/mol. The highest BCUT2D eigenvalue weighted by Gasteiger charge is 2.12. The summed E-state index contributed by atoms with van der Waals surface area (Å²) in [6, 6.07) is 8.06. The number of rotatable bonds is 4. The van der Waals surface area contributed by atoms with E-state index < -0.39 is 0 Å². The average Bonchev–Trinajstić information content (AvgIpc) is 2.55. The first-order valence-electron chi connectivity index (χ1n) is 7.29. The molecule has 0 saturated carbocycles. The molecular formula is C16H18N6O. The summed E-state index contributed by atoms with van der Waals surface area (Å²) in [5.41, 5.74) is 9.40. The van der Waals surface area contributed by atoms with E-state index >= 15 is 0 Å². The zero-order valence-electron chi connectivity index (χ0n) is 13.3. The SMILES string of the molecule is CCOc1nc(N)nc2ncc(-c3cccc(N(C)C)c3)nc12. The van der Waals surface area contributed by atoms with Gasteiger partial charge in [0.25, 0.3) is 0 Å². The van der Waals surface area contributed by atoms with Gasteiger partial charge in [0.05, 0.1) is 18.5 Å². The van der Waals surface area contributed by atoms with Crippen LogP contribution in [0.2, 0.25) is 0 Å². The van der Waals surface area contributed by atoms with E-state index in [0.29, 0.717) is 23.7 Å². The fraction of sp³-hybridized carbons (Fsp3) is 0.250. The lowest BCUT2D eigenvalue weighted by Crippen LogP contribution is -2.08. The lowest BCUT2D eigenvalue weighted by Gasteiger charge is -2.13. The summed E-state index contributed by atoms with van der Waals surface area (Å²) in [6.45, 7) is 2.34. The van der Waals surface area contributed by atoms with E-state index in [4.69, 9.17) is 10.5 Å². The lowest BCUT2D eigenvalue weighted by atomic mass is 10.1. The molecule has 0 amide bonds. The van der Waals surface area contributed by atoms with Crippen molar-refractivity contribution in [3.63, 3.8) is 0 Å². The Morgan fingerprint density at radius 3 is 2.74 bits per heavy atom. The minimum absolute atomic E-state index is 0.123. The first kappa shape index (κ1) is 15.0. The number of nitrogens with zero attached hydrogens (tertiary/aromatic N) is 5. The van der Waals surface area contributed by atoms with Crippen LogP contribution in [-0.2, 0) is 0 Å². The number of benzene rings is 1. The predicted octanol–water partition coefficient (Wildman–Crippen LogP) is 2.13. The lowest BCUT2D eigenvalue weighted by molar-refractivity contribution is 0.330. The van der Waals surface area contributed by atoms with Crippen LogP contribution in [0, 0.1) is 0 Å². The fourth-order valence-electron chi connectivity index (χ4n) is 2.22. The Bertz CT molecular complexity index is 849. The van der Waals surface area contributed by atoms with E-state index in [1.807, 2.05) is 50.2 Å². The Hall–Kier alpha value is -2.96. The van der Waals surface area contributed by atoms with Gasteiger partial charge in [0.15, 0.2) is 11.2 Å². The molecule has 0 aliphatic heterocycles. The van der Waals surface area contributed by atoms with Gasteiger partial charge >= 0.3 is 0 Å². The van der Waals surface area contributed by atoms with Gasteiger partial charge in [-0.25, -0.2) is 9.97 Å². The number of hydrogen-bond donors (Lipinski definition) is 1. The van der Waals surface area contributed by atoms with Gasteiger partial charge in [-0.15, -0.1) is 0 Å². The Kier molecular flexibility index (Phi) is 3.92. The molecule has 0 saturated heterocycles. The first-order valence-corrected chi connectivity index (χ1v) is 7.29. The molecular weight excluding hydrogens is 292 g/mol. The summed E-state index contributed by atoms with van der Waals surface area (Å²) in [5.74, 6) is 0.478. The topological polar surface area (TPSA) is 90.0 Å². The molecule has 2 aromatic heterocycles. The smallest absolute Gasteiger partial charge is 0.247 e. The van der Waals surface area contributed by atoms with Crippen molar-refractivity contribution in [2.24, 2.45) is 0 Å². The molecule has 118 valence electrons. The number of nitrogen functional groups attached to an aromatic ring is 1. The highest BCUT2D eigenvalue weighted by atomic mass is 16.5. The predicted molar refractivity (Wildman–Crippen MR) is 90.5 cm³/mol. The Balaban J connectivity index is 2.14. The second kappa shape index (κ2) is 6.04. The molecule has 23 heavy (non-hydrogen) atoms. The molecule has 0 spiro atoms. The van der Waals surface area contributed by atoms with Gasteiger partial charge in [-0.1, -0.05) is 12.1 Å². The molecule has 3 rings (SSSR count). The number of nitrogens with two attached hydrogens (primary N) is 1. The molecule has 2 N–H and O–H groups in total. The molecule has 0 aliphatic carbocycles. The standard InChI is InChI=1S/C16H18N6O/c1-4-23-15-13-14(20-16(17)21-15)18-9-12(19-13)10-6-5-7-11(8-10)22(2)3/h5-9H,4H2,1-3H3,(H2,17,18,20,21). The van der Waals surface area contributed by atoms with Crippen LogP contribution in [0.15, 0.2) is 30.5 Å². The minimum Gasteiger partial charge on any atom is -0.476 e. The molecule has 7 heteroatoms. The van der Waals surface area contributed by atoms with Crippen molar-refractivity contribution in [3.8, 4) is 17.1 Å². The van der Waals surface area contributed by atoms with Crippen LogP contribution in [0.3, 0.4) is 0 Å². The zero-order valence-corrected chi connectivity index (χ0v) is 13.3. The van der Waals surface area contributed by atoms with Crippen molar-refractivity contribution in [1.82, 2.24) is 19.9 Å². The summed E-state index contributed by atoms with van der Waals surface area (Å²) in [5, 5.41) is 0. The third kappa shape index (κ3) is 2.98. The third-order valence-corrected chi connectivity index (χ3v) is 3.33. The molecule has 0 bridgehead atoms. The molecule has 0 radical (unpaired) electrons. The zero-order chi connectivity index (χ0) is 16.4. The van der Waals surface area contributed by atoms with Gasteiger partial charge in [0.1, 0.15) is 0 Å². The van der Waals surface area contributed by atoms with E-state index in [2.05, 4.69) is 19.9 Å². The fourth-order valence-corrected chi connectivity index (χ4v) is 2.22. The van der Waals surface area contributed by atoms with Gasteiger partial charge in [-0.3, -0.25) is 0 Å². The maximum absolute atomic E-state index is 5.68. The van der Waals surface area contributed by atoms with E-state index in [1.165, 1.54) is 0 Å². The van der Waals surface area contributed by atoms with Crippen LogP contribution >= 0.6 is 0 Å². The van der Waals surface area contributed by atoms with Crippen molar-refractivity contribution in [3.05, 3.63) is 30.5 Å². The Morgan fingerprint density at radius 1 is 1.17 bits per heavy atom. The van der Waals surface area contributed by atoms with Crippen LogP contribution < -0.4 is 15.4 Å². The van der Waals surface area contributed by atoms with Gasteiger partial charge in [0, 0.05) is 25.3 Å². The highest BCUT2D eigenvalue weighted by Crippen LogP contribution is 2.26. The van der Waals surface area contributed by atoms with Crippen molar-refractivity contribution in [1.29, 1.82) is 0 Å². The van der Waals surface area contributed by atoms with E-state index in [0.717, 1.165) is 16.9 Å². The Morgan fingerprint density at radius 2 is 2.00 bits per heavy atom. The molecule has 3 aromatic rings. The summed E-state index contributed by atoms with van der Waals surface area (Å²) in [7, 11) is 3.99. The number of anilines is 2.